The molecular formula is C23H23FN2O5. The number of aryl methyl sites for hydroxylation is 1. The van der Waals surface area contributed by atoms with Crippen LogP contribution in [0.25, 0.3) is 17.1 Å². The number of hydrogen-bond donors (Lipinski definition) is 0. The number of rotatable bonds is 7. The van der Waals surface area contributed by atoms with Crippen molar-refractivity contribution >= 4 is 23.1 Å². The van der Waals surface area contributed by atoms with Crippen LogP contribution in [0.4, 0.5) is 4.39 Å². The minimum atomic E-state index is -0.756. The Morgan fingerprint density at radius 2 is 2.03 bits per heavy atom. The number of esters is 1. The van der Waals surface area contributed by atoms with Crippen LogP contribution in [0.15, 0.2) is 41.5 Å². The molecule has 0 fully saturated rings. The Kier molecular flexibility index (Phi) is 6.69. The number of halogens is 1. The van der Waals surface area contributed by atoms with Gasteiger partial charge < -0.3 is 18.8 Å². The third kappa shape index (κ3) is 4.42. The summed E-state index contributed by atoms with van der Waals surface area (Å²) < 4.78 is 30.3. The maximum Gasteiger partial charge on any atom is 0.347 e. The Bertz CT molecular complexity index is 1220. The monoisotopic (exact) mass is 426 g/mol. The predicted octanol–water partition coefficient (Wildman–Crippen LogP) is 3.47. The average molecular weight is 426 g/mol. The Hall–Kier alpha value is -3.68. The fourth-order valence-electron chi connectivity index (χ4n) is 3.34. The van der Waals surface area contributed by atoms with Gasteiger partial charge in [-0.2, -0.15) is 0 Å². The Morgan fingerprint density at radius 3 is 2.71 bits per heavy atom. The van der Waals surface area contributed by atoms with Crippen LogP contribution in [0, 0.1) is 5.82 Å². The number of carbonyl (C=O) groups excluding carboxylic acids is 1. The number of hydrogen-bond acceptors (Lipinski definition) is 6. The minimum Gasteiger partial charge on any atom is -0.504 e. The van der Waals surface area contributed by atoms with Gasteiger partial charge in [0, 0.05) is 13.2 Å². The van der Waals surface area contributed by atoms with Gasteiger partial charge in [0.15, 0.2) is 11.3 Å². The van der Waals surface area contributed by atoms with Gasteiger partial charge in [-0.05, 0) is 54.3 Å². The van der Waals surface area contributed by atoms with Crippen molar-refractivity contribution in [3.8, 4) is 5.75 Å². The van der Waals surface area contributed by atoms with E-state index in [1.54, 1.807) is 38.4 Å². The zero-order chi connectivity index (χ0) is 22.5. The molecule has 3 aromatic rings. The van der Waals surface area contributed by atoms with E-state index in [9.17, 15) is 14.0 Å². The molecule has 0 unspecified atom stereocenters. The van der Waals surface area contributed by atoms with Gasteiger partial charge in [0.1, 0.15) is 11.3 Å². The lowest BCUT2D eigenvalue weighted by molar-refractivity contribution is 0.0520. The number of aromatic nitrogens is 2. The molecule has 0 bridgehead atoms. The molecule has 3 rings (SSSR count). The van der Waals surface area contributed by atoms with Crippen LogP contribution in [0.2, 0.25) is 0 Å². The number of methoxy groups -OCH3 is 2. The van der Waals surface area contributed by atoms with Crippen LogP contribution in [-0.4, -0.2) is 36.3 Å². The molecule has 162 valence electrons. The summed E-state index contributed by atoms with van der Waals surface area (Å²) in [6, 6.07) is 6.30. The average Bonchev–Trinajstić information content (AvgIpc) is 2.76. The summed E-state index contributed by atoms with van der Waals surface area (Å²) in [5.41, 5.74) is 2.48. The summed E-state index contributed by atoms with van der Waals surface area (Å²) in [6.45, 7) is 1.79. The first-order valence-electron chi connectivity index (χ1n) is 9.61. The highest BCUT2D eigenvalue weighted by Crippen LogP contribution is 2.27. The summed E-state index contributed by atoms with van der Waals surface area (Å²) >= 11 is 0. The van der Waals surface area contributed by atoms with E-state index in [0.29, 0.717) is 23.0 Å². The van der Waals surface area contributed by atoms with E-state index in [0.717, 1.165) is 11.1 Å². The second-order valence-electron chi connectivity index (χ2n) is 6.76. The summed E-state index contributed by atoms with van der Waals surface area (Å²) in [5.74, 6) is -1.03. The molecule has 0 aliphatic heterocycles. The van der Waals surface area contributed by atoms with E-state index in [-0.39, 0.29) is 23.7 Å². The Morgan fingerprint density at radius 1 is 1.26 bits per heavy atom. The van der Waals surface area contributed by atoms with E-state index in [1.165, 1.54) is 37.2 Å². The molecule has 0 aliphatic rings. The number of carbonyl (C=O) groups is 1. The molecule has 0 spiro atoms. The van der Waals surface area contributed by atoms with Crippen LogP contribution < -0.4 is 10.3 Å². The van der Waals surface area contributed by atoms with E-state index in [4.69, 9.17) is 14.2 Å². The van der Waals surface area contributed by atoms with Crippen LogP contribution in [-0.2, 0) is 22.9 Å². The third-order valence-electron chi connectivity index (χ3n) is 4.82. The van der Waals surface area contributed by atoms with Gasteiger partial charge >= 0.3 is 5.97 Å². The molecule has 0 aliphatic carbocycles. The minimum absolute atomic E-state index is 0.0774. The fourth-order valence-corrected chi connectivity index (χ4v) is 3.34. The molecule has 1 aromatic carbocycles. The lowest BCUT2D eigenvalue weighted by Crippen LogP contribution is -2.27. The topological polar surface area (TPSA) is 79.7 Å². The first-order valence-corrected chi connectivity index (χ1v) is 9.61. The highest BCUT2D eigenvalue weighted by molar-refractivity contribution is 5.98. The van der Waals surface area contributed by atoms with E-state index in [1.807, 2.05) is 0 Å². The van der Waals surface area contributed by atoms with Crippen molar-refractivity contribution in [1.29, 1.82) is 0 Å². The molecule has 0 atom stereocenters. The third-order valence-corrected chi connectivity index (χ3v) is 4.82. The number of ether oxygens (including phenoxy) is 3. The molecule has 2 heterocycles. The van der Waals surface area contributed by atoms with Gasteiger partial charge in [0.2, 0.25) is 0 Å². The Labute approximate surface area is 178 Å². The largest absolute Gasteiger partial charge is 0.504 e. The van der Waals surface area contributed by atoms with Crippen molar-refractivity contribution in [2.24, 2.45) is 7.05 Å². The molecule has 2 aromatic heterocycles. The lowest BCUT2D eigenvalue weighted by atomic mass is 10.00. The molecule has 0 amide bonds. The van der Waals surface area contributed by atoms with Crippen molar-refractivity contribution < 1.29 is 23.4 Å². The normalized spacial score (nSPS) is 11.1. The van der Waals surface area contributed by atoms with Gasteiger partial charge in [0.05, 0.1) is 32.6 Å². The molecule has 0 saturated carbocycles. The zero-order valence-electron chi connectivity index (χ0n) is 17.8. The zero-order valence-corrected chi connectivity index (χ0v) is 17.8. The van der Waals surface area contributed by atoms with Crippen LogP contribution in [0.3, 0.4) is 0 Å². The van der Waals surface area contributed by atoms with Crippen LogP contribution in [0.5, 0.6) is 5.75 Å². The smallest absolute Gasteiger partial charge is 0.347 e. The molecule has 0 saturated heterocycles. The van der Waals surface area contributed by atoms with Gasteiger partial charge in [0.25, 0.3) is 5.56 Å². The Balaban J connectivity index is 2.12. The van der Waals surface area contributed by atoms with Crippen molar-refractivity contribution in [3.63, 3.8) is 0 Å². The maximum absolute atomic E-state index is 13.7. The van der Waals surface area contributed by atoms with Gasteiger partial charge in [-0.25, -0.2) is 9.18 Å². The van der Waals surface area contributed by atoms with Crippen LogP contribution >= 0.6 is 0 Å². The first-order chi connectivity index (χ1) is 14.9. The van der Waals surface area contributed by atoms with E-state index < -0.39 is 11.5 Å². The second kappa shape index (κ2) is 9.42. The van der Waals surface area contributed by atoms with Crippen molar-refractivity contribution in [2.75, 3.05) is 20.8 Å². The standard InChI is InChI=1S/C23H23FN2O5/c1-5-31-23(28)19-21(30-4)20-18(26(2)22(19)27)11-14(13-25-20)10-15-6-7-17(24)12-16(15)8-9-29-3/h6-9,11-13H,5,10H2,1-4H3. The molecule has 0 N–H and O–H groups in total. The predicted molar refractivity (Wildman–Crippen MR) is 115 cm³/mol. The van der Waals surface area contributed by atoms with Crippen molar-refractivity contribution in [1.82, 2.24) is 9.55 Å². The van der Waals surface area contributed by atoms with Crippen LogP contribution in [0.1, 0.15) is 34.0 Å². The number of pyridine rings is 2. The molecule has 7 nitrogen and oxygen atoms in total. The maximum atomic E-state index is 13.7. The summed E-state index contributed by atoms with van der Waals surface area (Å²) in [4.78, 5) is 29.6. The summed E-state index contributed by atoms with van der Waals surface area (Å²) in [5, 5.41) is 0. The number of fused-ring (bicyclic) bond motifs is 1. The SMILES string of the molecule is CCOC(=O)c1c(OC)c2ncc(Cc3ccc(F)cc3C=COC)cc2n(C)c1=O. The summed E-state index contributed by atoms with van der Waals surface area (Å²) in [7, 11) is 4.45. The first kappa shape index (κ1) is 22.0. The molecule has 8 heteroatoms. The quantitative estimate of drug-likeness (QED) is 0.425. The fraction of sp³-hybridized carbons (Fsp3) is 0.261. The number of nitrogens with zero attached hydrogens (tertiary/aromatic N) is 2. The van der Waals surface area contributed by atoms with Gasteiger partial charge in [-0.1, -0.05) is 6.07 Å². The number of benzene rings is 1. The highest BCUT2D eigenvalue weighted by atomic mass is 19.1. The summed E-state index contributed by atoms with van der Waals surface area (Å²) in [6.07, 6.45) is 5.24. The highest BCUT2D eigenvalue weighted by Gasteiger charge is 2.24. The van der Waals surface area contributed by atoms with E-state index >= 15 is 0 Å². The van der Waals surface area contributed by atoms with E-state index in [2.05, 4.69) is 4.98 Å². The molecule has 0 radical (unpaired) electrons. The lowest BCUT2D eigenvalue weighted by Gasteiger charge is -2.14. The van der Waals surface area contributed by atoms with Crippen molar-refractivity contribution in [3.05, 3.63) is 75.1 Å². The van der Waals surface area contributed by atoms with Gasteiger partial charge in [-0.3, -0.25) is 9.78 Å². The van der Waals surface area contributed by atoms with Gasteiger partial charge in [-0.15, -0.1) is 0 Å². The van der Waals surface area contributed by atoms with Crippen molar-refractivity contribution in [2.45, 2.75) is 13.3 Å². The molecule has 31 heavy (non-hydrogen) atoms. The molecular weight excluding hydrogens is 403 g/mol. The second-order valence-corrected chi connectivity index (χ2v) is 6.76.